The van der Waals surface area contributed by atoms with Crippen LogP contribution in [0.25, 0.3) is 5.69 Å². The Morgan fingerprint density at radius 3 is 2.56 bits per heavy atom. The summed E-state index contributed by atoms with van der Waals surface area (Å²) < 4.78 is 15.0. The van der Waals surface area contributed by atoms with Gasteiger partial charge in [0, 0.05) is 11.4 Å². The molecule has 2 aromatic heterocycles. The van der Waals surface area contributed by atoms with Crippen molar-refractivity contribution in [3.8, 4) is 5.69 Å². The number of halogens is 1. The van der Waals surface area contributed by atoms with Crippen molar-refractivity contribution in [2.75, 3.05) is 16.4 Å². The molecule has 0 aliphatic carbocycles. The van der Waals surface area contributed by atoms with Crippen molar-refractivity contribution in [2.24, 2.45) is 0 Å². The van der Waals surface area contributed by atoms with Crippen molar-refractivity contribution in [3.05, 3.63) is 71.2 Å². The Kier molecular flexibility index (Phi) is 7.07. The Morgan fingerprint density at radius 2 is 1.84 bits per heavy atom. The molecule has 8 nitrogen and oxygen atoms in total. The molecule has 0 fully saturated rings. The van der Waals surface area contributed by atoms with Crippen LogP contribution in [0.1, 0.15) is 17.8 Å². The van der Waals surface area contributed by atoms with Crippen molar-refractivity contribution < 1.29 is 9.18 Å². The minimum absolute atomic E-state index is 0.150. The minimum Gasteiger partial charge on any atom is -0.378 e. The van der Waals surface area contributed by atoms with Crippen LogP contribution in [0.2, 0.25) is 0 Å². The fourth-order valence-corrected chi connectivity index (χ4v) is 4.29. The second-order valence-electron chi connectivity index (χ2n) is 6.62. The van der Waals surface area contributed by atoms with Gasteiger partial charge in [-0.1, -0.05) is 48.2 Å². The van der Waals surface area contributed by atoms with E-state index in [0.717, 1.165) is 22.8 Å². The summed E-state index contributed by atoms with van der Waals surface area (Å²) >= 11 is 2.65. The molecule has 0 bridgehead atoms. The van der Waals surface area contributed by atoms with Crippen LogP contribution in [-0.4, -0.2) is 36.6 Å². The van der Waals surface area contributed by atoms with Gasteiger partial charge >= 0.3 is 0 Å². The monoisotopic (exact) mass is 469 g/mol. The molecule has 0 spiro atoms. The maximum absolute atomic E-state index is 13.1. The summed E-state index contributed by atoms with van der Waals surface area (Å²) in [5.41, 5.74) is 1.65. The molecular weight excluding hydrogens is 449 g/mol. The van der Waals surface area contributed by atoms with Gasteiger partial charge in [-0.05, 0) is 42.8 Å². The molecule has 0 atom stereocenters. The van der Waals surface area contributed by atoms with E-state index in [2.05, 4.69) is 31.0 Å². The summed E-state index contributed by atoms with van der Waals surface area (Å²) in [7, 11) is 0. The van der Waals surface area contributed by atoms with Crippen LogP contribution in [0.3, 0.4) is 0 Å². The number of para-hydroxylation sites is 1. The number of thioether (sulfide) groups is 1. The lowest BCUT2D eigenvalue weighted by atomic mass is 10.3. The highest BCUT2D eigenvalue weighted by Crippen LogP contribution is 2.23. The zero-order chi connectivity index (χ0) is 22.3. The first kappa shape index (κ1) is 21.9. The third-order valence-corrected chi connectivity index (χ3v) is 6.27. The van der Waals surface area contributed by atoms with E-state index in [4.69, 9.17) is 0 Å². The van der Waals surface area contributed by atoms with E-state index < -0.39 is 0 Å². The first-order valence-electron chi connectivity index (χ1n) is 9.86. The minimum atomic E-state index is -0.292. The Labute approximate surface area is 192 Å². The lowest BCUT2D eigenvalue weighted by Crippen LogP contribution is -2.14. The molecule has 4 aromatic rings. The number of aromatic nitrogens is 5. The number of amides is 1. The number of hydrogen-bond acceptors (Lipinski definition) is 8. The second-order valence-corrected chi connectivity index (χ2v) is 8.63. The quantitative estimate of drug-likeness (QED) is 0.355. The van der Waals surface area contributed by atoms with Crippen LogP contribution in [0.4, 0.5) is 15.2 Å². The molecule has 0 aliphatic rings. The van der Waals surface area contributed by atoms with Gasteiger partial charge in [-0.25, -0.2) is 4.39 Å². The lowest BCUT2D eigenvalue weighted by Gasteiger charge is -2.11. The number of nitrogens with one attached hydrogen (secondary N) is 2. The molecule has 0 saturated heterocycles. The normalized spacial score (nSPS) is 10.8. The smallest absolute Gasteiger partial charge is 0.236 e. The van der Waals surface area contributed by atoms with Crippen molar-refractivity contribution in [1.82, 2.24) is 25.0 Å². The molecule has 2 aromatic carbocycles. The zero-order valence-corrected chi connectivity index (χ0v) is 18.8. The largest absolute Gasteiger partial charge is 0.378 e. The predicted molar refractivity (Wildman–Crippen MR) is 124 cm³/mol. The van der Waals surface area contributed by atoms with Crippen molar-refractivity contribution in [2.45, 2.75) is 25.0 Å². The van der Waals surface area contributed by atoms with Crippen LogP contribution in [0, 0.1) is 5.82 Å². The topological polar surface area (TPSA) is 97.6 Å². The molecule has 0 radical (unpaired) electrons. The molecular formula is C21H20FN7OS2. The van der Waals surface area contributed by atoms with Crippen LogP contribution in [0.15, 0.2) is 59.8 Å². The summed E-state index contributed by atoms with van der Waals surface area (Å²) in [4.78, 5) is 12.4. The first-order valence-corrected chi connectivity index (χ1v) is 11.7. The van der Waals surface area contributed by atoms with E-state index in [9.17, 15) is 9.18 Å². The van der Waals surface area contributed by atoms with Gasteiger partial charge < -0.3 is 5.32 Å². The number of carbonyl (C=O) groups is 1. The first-order chi connectivity index (χ1) is 15.6. The molecule has 2 N–H and O–H groups in total. The molecule has 32 heavy (non-hydrogen) atoms. The number of anilines is 2. The van der Waals surface area contributed by atoms with Gasteiger partial charge in [0.1, 0.15) is 10.8 Å². The Hall–Kier alpha value is -3.31. The predicted octanol–water partition coefficient (Wildman–Crippen LogP) is 4.16. The zero-order valence-electron chi connectivity index (χ0n) is 17.2. The van der Waals surface area contributed by atoms with E-state index >= 15 is 0 Å². The molecule has 164 valence electrons. The number of nitrogens with zero attached hydrogens (tertiary/aromatic N) is 5. The molecule has 2 heterocycles. The SMILES string of the molecule is CCc1nnc(NC(=O)CSc2nnc(CNc3ccc(F)cc3)n2-c2ccccc2)s1. The van der Waals surface area contributed by atoms with Gasteiger partial charge in [-0.15, -0.1) is 20.4 Å². The van der Waals surface area contributed by atoms with E-state index in [1.54, 1.807) is 12.1 Å². The number of rotatable bonds is 9. The van der Waals surface area contributed by atoms with E-state index in [1.165, 1.54) is 35.2 Å². The highest BCUT2D eigenvalue weighted by Gasteiger charge is 2.16. The highest BCUT2D eigenvalue weighted by molar-refractivity contribution is 7.99. The van der Waals surface area contributed by atoms with E-state index in [0.29, 0.717) is 22.7 Å². The summed E-state index contributed by atoms with van der Waals surface area (Å²) in [6.07, 6.45) is 0.775. The van der Waals surface area contributed by atoms with Crippen LogP contribution in [0.5, 0.6) is 0 Å². The van der Waals surface area contributed by atoms with Gasteiger partial charge in [0.15, 0.2) is 11.0 Å². The third kappa shape index (κ3) is 5.48. The maximum Gasteiger partial charge on any atom is 0.236 e. The third-order valence-electron chi connectivity index (χ3n) is 4.36. The standard InChI is InChI=1S/C21H20FN7OS2/c1-2-19-26-27-20(32-19)24-18(30)13-31-21-28-25-17(29(21)16-6-4-3-5-7-16)12-23-15-10-8-14(22)9-11-15/h3-11,23H,2,12-13H2,1H3,(H,24,27,30). The molecule has 0 aliphatic heterocycles. The van der Waals surface area contributed by atoms with Crippen molar-refractivity contribution in [3.63, 3.8) is 0 Å². The summed E-state index contributed by atoms with van der Waals surface area (Å²) in [5.74, 6) is 0.333. The second kappa shape index (κ2) is 10.3. The van der Waals surface area contributed by atoms with E-state index in [1.807, 2.05) is 41.8 Å². The van der Waals surface area contributed by atoms with Gasteiger partial charge in [-0.3, -0.25) is 14.7 Å². The molecule has 0 unspecified atom stereocenters. The summed E-state index contributed by atoms with van der Waals surface area (Å²) in [5, 5.41) is 24.5. The molecule has 11 heteroatoms. The Morgan fingerprint density at radius 1 is 1.06 bits per heavy atom. The van der Waals surface area contributed by atoms with Crippen molar-refractivity contribution in [1.29, 1.82) is 0 Å². The van der Waals surface area contributed by atoms with Crippen LogP contribution in [-0.2, 0) is 17.8 Å². The van der Waals surface area contributed by atoms with Crippen LogP contribution < -0.4 is 10.6 Å². The Bertz CT molecular complexity index is 1180. The molecule has 0 saturated carbocycles. The van der Waals surface area contributed by atoms with Crippen LogP contribution >= 0.6 is 23.1 Å². The van der Waals surface area contributed by atoms with Gasteiger partial charge in [0.2, 0.25) is 11.0 Å². The number of hydrogen-bond donors (Lipinski definition) is 2. The van der Waals surface area contributed by atoms with Crippen molar-refractivity contribution >= 4 is 39.8 Å². The van der Waals surface area contributed by atoms with Gasteiger partial charge in [0.05, 0.1) is 12.3 Å². The van der Waals surface area contributed by atoms with Gasteiger partial charge in [0.25, 0.3) is 0 Å². The molecule has 1 amide bonds. The number of benzene rings is 2. The fraction of sp³-hybridized carbons (Fsp3) is 0.190. The van der Waals surface area contributed by atoms with E-state index in [-0.39, 0.29) is 17.5 Å². The Balaban J connectivity index is 1.47. The average Bonchev–Trinajstić information content (AvgIpc) is 3.44. The lowest BCUT2D eigenvalue weighted by molar-refractivity contribution is -0.113. The van der Waals surface area contributed by atoms with Gasteiger partial charge in [-0.2, -0.15) is 0 Å². The number of carbonyl (C=O) groups excluding carboxylic acids is 1. The average molecular weight is 470 g/mol. The molecule has 4 rings (SSSR count). The summed E-state index contributed by atoms with van der Waals surface area (Å²) in [6, 6.07) is 15.8. The summed E-state index contributed by atoms with van der Waals surface area (Å²) in [6.45, 7) is 2.37. The number of aryl methyl sites for hydroxylation is 1. The fourth-order valence-electron chi connectivity index (χ4n) is 2.83. The maximum atomic E-state index is 13.1. The highest BCUT2D eigenvalue weighted by atomic mass is 32.2.